The third-order valence-corrected chi connectivity index (χ3v) is 5.29. The zero-order valence-electron chi connectivity index (χ0n) is 16.4. The summed E-state index contributed by atoms with van der Waals surface area (Å²) < 4.78 is 1.99. The molecule has 0 aliphatic rings. The summed E-state index contributed by atoms with van der Waals surface area (Å²) in [6, 6.07) is 25.9. The molecule has 0 saturated carbocycles. The van der Waals surface area contributed by atoms with Gasteiger partial charge in [0.05, 0.1) is 22.6 Å². The molecule has 1 amide bonds. The third kappa shape index (κ3) is 5.18. The van der Waals surface area contributed by atoms with Crippen molar-refractivity contribution in [1.82, 2.24) is 15.6 Å². The van der Waals surface area contributed by atoms with Crippen LogP contribution in [0.1, 0.15) is 5.56 Å². The number of benzene rings is 3. The van der Waals surface area contributed by atoms with Gasteiger partial charge in [-0.05, 0) is 41.6 Å². The van der Waals surface area contributed by atoms with Crippen LogP contribution in [0.25, 0.3) is 17.1 Å². The molecule has 0 atom stereocenters. The summed E-state index contributed by atoms with van der Waals surface area (Å²) in [5.74, 6) is 0.640. The maximum atomic E-state index is 12.2. The Bertz CT molecular complexity index is 1180. The molecule has 7 nitrogen and oxygen atoms in total. The molecule has 2 N–H and O–H groups in total. The van der Waals surface area contributed by atoms with Crippen LogP contribution in [0.4, 0.5) is 0 Å². The topological polar surface area (TPSA) is 97.1 Å². The highest BCUT2D eigenvalue weighted by Gasteiger charge is 2.24. The maximum absolute atomic E-state index is 12.2. The number of nitrogens with zero attached hydrogens (tertiary/aromatic N) is 3. The SMILES string of the molecule is O=C(CSc1n[nH]c(-c2ccccc2)[n+]1-c1ccccc1)NN=Cc1ccc([O-])cc1. The van der Waals surface area contributed by atoms with Crippen molar-refractivity contribution in [2.75, 3.05) is 5.75 Å². The molecule has 1 aromatic heterocycles. The predicted molar refractivity (Wildman–Crippen MR) is 118 cm³/mol. The first-order valence-corrected chi connectivity index (χ1v) is 10.5. The highest BCUT2D eigenvalue weighted by Crippen LogP contribution is 2.20. The standard InChI is InChI=1S/C23H19N5O2S/c29-20-13-11-17(12-14-20)15-24-25-21(30)16-31-23-27-26-22(18-7-3-1-4-8-18)28(23)19-9-5-2-6-10-19/h1-15H,16H2,(H2,24,25,29,30). The van der Waals surface area contributed by atoms with E-state index in [1.165, 1.54) is 30.1 Å². The summed E-state index contributed by atoms with van der Waals surface area (Å²) in [5.41, 5.74) is 5.16. The molecule has 1 heterocycles. The highest BCUT2D eigenvalue weighted by molar-refractivity contribution is 7.99. The average Bonchev–Trinajstić information content (AvgIpc) is 3.24. The third-order valence-electron chi connectivity index (χ3n) is 4.35. The average molecular weight is 430 g/mol. The summed E-state index contributed by atoms with van der Waals surface area (Å²) >= 11 is 1.31. The summed E-state index contributed by atoms with van der Waals surface area (Å²) in [4.78, 5) is 12.2. The van der Waals surface area contributed by atoms with Crippen molar-refractivity contribution in [3.8, 4) is 22.8 Å². The monoisotopic (exact) mass is 429 g/mol. The van der Waals surface area contributed by atoms with Crippen molar-refractivity contribution < 1.29 is 14.5 Å². The maximum Gasteiger partial charge on any atom is 0.342 e. The van der Waals surface area contributed by atoms with Gasteiger partial charge in [0.2, 0.25) is 0 Å². The van der Waals surface area contributed by atoms with Crippen molar-refractivity contribution in [1.29, 1.82) is 0 Å². The minimum Gasteiger partial charge on any atom is -0.872 e. The predicted octanol–water partition coefficient (Wildman–Crippen LogP) is 2.67. The molecular formula is C23H19N5O2S. The minimum atomic E-state index is -0.259. The van der Waals surface area contributed by atoms with E-state index in [-0.39, 0.29) is 17.4 Å². The van der Waals surface area contributed by atoms with Gasteiger partial charge in [-0.1, -0.05) is 60.7 Å². The number of thioether (sulfide) groups is 1. The molecular weight excluding hydrogens is 410 g/mol. The number of hydrazone groups is 1. The van der Waals surface area contributed by atoms with Gasteiger partial charge in [-0.3, -0.25) is 4.79 Å². The van der Waals surface area contributed by atoms with Crippen LogP contribution in [-0.2, 0) is 4.79 Å². The molecule has 0 fully saturated rings. The molecule has 0 saturated heterocycles. The van der Waals surface area contributed by atoms with Gasteiger partial charge in [-0.25, -0.2) is 5.43 Å². The van der Waals surface area contributed by atoms with Gasteiger partial charge in [-0.15, -0.1) is 10.8 Å². The van der Waals surface area contributed by atoms with E-state index >= 15 is 0 Å². The molecule has 0 aliphatic carbocycles. The lowest BCUT2D eigenvalue weighted by Crippen LogP contribution is -2.34. The fraction of sp³-hybridized carbons (Fsp3) is 0.0435. The number of rotatable bonds is 7. The second kappa shape index (κ2) is 9.73. The Balaban J connectivity index is 1.47. The van der Waals surface area contributed by atoms with E-state index in [1.54, 1.807) is 12.1 Å². The molecule has 0 radical (unpaired) electrons. The van der Waals surface area contributed by atoms with Gasteiger partial charge in [0.25, 0.3) is 11.7 Å². The number of amides is 1. The minimum absolute atomic E-state index is 0.0711. The van der Waals surface area contributed by atoms with Crippen LogP contribution in [0.5, 0.6) is 5.75 Å². The molecule has 0 aliphatic heterocycles. The van der Waals surface area contributed by atoms with Crippen LogP contribution >= 0.6 is 11.8 Å². The Kier molecular flexibility index (Phi) is 6.39. The first kappa shape index (κ1) is 20.4. The number of hydrogen-bond donors (Lipinski definition) is 2. The van der Waals surface area contributed by atoms with E-state index in [0.717, 1.165) is 22.6 Å². The van der Waals surface area contributed by atoms with Crippen molar-refractivity contribution in [2.24, 2.45) is 5.10 Å². The number of H-pyrrole nitrogens is 1. The summed E-state index contributed by atoms with van der Waals surface area (Å²) in [5, 5.41) is 23.2. The van der Waals surface area contributed by atoms with Crippen LogP contribution in [0.15, 0.2) is 95.2 Å². The molecule has 3 aromatic carbocycles. The van der Waals surface area contributed by atoms with Crippen molar-refractivity contribution >= 4 is 23.9 Å². The summed E-state index contributed by atoms with van der Waals surface area (Å²) in [6.07, 6.45) is 1.49. The highest BCUT2D eigenvalue weighted by atomic mass is 32.2. The Morgan fingerprint density at radius 2 is 1.71 bits per heavy atom. The van der Waals surface area contributed by atoms with Gasteiger partial charge in [0.1, 0.15) is 5.69 Å². The van der Waals surface area contributed by atoms with Gasteiger partial charge >= 0.3 is 5.16 Å². The Labute approximate surface area is 183 Å². The Morgan fingerprint density at radius 3 is 2.42 bits per heavy atom. The quantitative estimate of drug-likeness (QED) is 0.204. The van der Waals surface area contributed by atoms with Gasteiger partial charge in [-0.2, -0.15) is 9.67 Å². The number of hydrogen-bond acceptors (Lipinski definition) is 5. The lowest BCUT2D eigenvalue weighted by atomic mass is 10.2. The Morgan fingerprint density at radius 1 is 1.03 bits per heavy atom. The molecule has 0 bridgehead atoms. The number of carbonyl (C=O) groups is 1. The molecule has 4 rings (SSSR count). The van der Waals surface area contributed by atoms with Gasteiger partial charge < -0.3 is 5.11 Å². The number of nitrogens with one attached hydrogen (secondary N) is 2. The zero-order chi connectivity index (χ0) is 21.5. The molecule has 0 unspecified atom stereocenters. The molecule has 0 spiro atoms. The molecule has 31 heavy (non-hydrogen) atoms. The smallest absolute Gasteiger partial charge is 0.342 e. The van der Waals surface area contributed by atoms with Crippen LogP contribution in [0, 0.1) is 0 Å². The fourth-order valence-electron chi connectivity index (χ4n) is 2.89. The summed E-state index contributed by atoms with van der Waals surface area (Å²) in [6.45, 7) is 0. The van der Waals surface area contributed by atoms with Gasteiger partial charge in [0.15, 0.2) is 0 Å². The largest absolute Gasteiger partial charge is 0.872 e. The van der Waals surface area contributed by atoms with E-state index in [9.17, 15) is 9.90 Å². The molecule has 4 aromatic rings. The van der Waals surface area contributed by atoms with E-state index in [0.29, 0.717) is 5.16 Å². The first-order valence-electron chi connectivity index (χ1n) is 9.54. The van der Waals surface area contributed by atoms with Gasteiger partial charge in [0, 0.05) is 0 Å². The van der Waals surface area contributed by atoms with Crippen LogP contribution in [0.3, 0.4) is 0 Å². The second-order valence-electron chi connectivity index (χ2n) is 6.54. The van der Waals surface area contributed by atoms with Crippen molar-refractivity contribution in [3.63, 3.8) is 0 Å². The number of carbonyl (C=O) groups excluding carboxylic acids is 1. The molecule has 154 valence electrons. The Hall–Kier alpha value is -3.91. The zero-order valence-corrected chi connectivity index (χ0v) is 17.3. The first-order chi connectivity index (χ1) is 15.2. The number of aromatic nitrogens is 3. The number of para-hydroxylation sites is 1. The van der Waals surface area contributed by atoms with E-state index in [2.05, 4.69) is 20.7 Å². The van der Waals surface area contributed by atoms with E-state index < -0.39 is 0 Å². The number of aromatic amines is 1. The van der Waals surface area contributed by atoms with E-state index in [1.807, 2.05) is 65.2 Å². The normalized spacial score (nSPS) is 11.0. The second-order valence-corrected chi connectivity index (χ2v) is 7.49. The fourth-order valence-corrected chi connectivity index (χ4v) is 3.66. The molecule has 8 heteroatoms. The lowest BCUT2D eigenvalue weighted by Gasteiger charge is -2.04. The van der Waals surface area contributed by atoms with Crippen molar-refractivity contribution in [2.45, 2.75) is 5.16 Å². The van der Waals surface area contributed by atoms with Crippen LogP contribution < -0.4 is 15.1 Å². The van der Waals surface area contributed by atoms with Crippen molar-refractivity contribution in [3.05, 3.63) is 90.5 Å². The van der Waals surface area contributed by atoms with E-state index in [4.69, 9.17) is 0 Å². The van der Waals surface area contributed by atoms with Crippen LogP contribution in [-0.4, -0.2) is 28.1 Å². The van der Waals surface area contributed by atoms with Crippen LogP contribution in [0.2, 0.25) is 0 Å². The lowest BCUT2D eigenvalue weighted by molar-refractivity contribution is -0.625. The summed E-state index contributed by atoms with van der Waals surface area (Å²) in [7, 11) is 0.